The van der Waals surface area contributed by atoms with Gasteiger partial charge in [0.25, 0.3) is 0 Å². The summed E-state index contributed by atoms with van der Waals surface area (Å²) in [4.78, 5) is 0. The number of hydrogen-bond acceptors (Lipinski definition) is 0. The molecule has 0 unspecified atom stereocenters. The summed E-state index contributed by atoms with van der Waals surface area (Å²) >= 11 is 0. The standard InChI is InChI=1S/C26H21N/c1-18-10-8-14-21(19(18)2)23-15-9-16-24-22-13-6-7-17-25(22)27(26(23)24)20-11-4-3-5-12-20/h3-17H,1-2H3. The number of hydrogen-bond donors (Lipinski definition) is 0. The second kappa shape index (κ2) is 6.14. The zero-order chi connectivity index (χ0) is 18.4. The molecule has 130 valence electrons. The minimum atomic E-state index is 1.20. The number of fused-ring (bicyclic) bond motifs is 3. The van der Waals surface area contributed by atoms with E-state index in [0.717, 1.165) is 0 Å². The zero-order valence-electron chi connectivity index (χ0n) is 15.6. The van der Waals surface area contributed by atoms with Crippen LogP contribution in [0.5, 0.6) is 0 Å². The third kappa shape index (κ3) is 2.39. The van der Waals surface area contributed by atoms with Crippen molar-refractivity contribution in [2.45, 2.75) is 13.8 Å². The molecule has 1 heteroatoms. The van der Waals surface area contributed by atoms with Gasteiger partial charge in [-0.2, -0.15) is 0 Å². The van der Waals surface area contributed by atoms with Crippen molar-refractivity contribution >= 4 is 21.8 Å². The van der Waals surface area contributed by atoms with E-state index in [0.29, 0.717) is 0 Å². The van der Waals surface area contributed by atoms with Crippen LogP contribution in [-0.2, 0) is 0 Å². The van der Waals surface area contributed by atoms with E-state index in [1.54, 1.807) is 0 Å². The topological polar surface area (TPSA) is 4.93 Å². The Morgan fingerprint density at radius 2 is 1.22 bits per heavy atom. The van der Waals surface area contributed by atoms with E-state index in [1.165, 1.54) is 49.7 Å². The molecule has 27 heavy (non-hydrogen) atoms. The molecule has 0 saturated carbocycles. The number of aromatic nitrogens is 1. The predicted molar refractivity (Wildman–Crippen MR) is 116 cm³/mol. The highest BCUT2D eigenvalue weighted by Crippen LogP contribution is 2.39. The minimum absolute atomic E-state index is 1.20. The lowest BCUT2D eigenvalue weighted by Crippen LogP contribution is -1.96. The first-order valence-corrected chi connectivity index (χ1v) is 9.40. The first-order chi connectivity index (χ1) is 13.3. The van der Waals surface area contributed by atoms with Crippen LogP contribution in [0.3, 0.4) is 0 Å². The smallest absolute Gasteiger partial charge is 0.0619 e. The highest BCUT2D eigenvalue weighted by atomic mass is 15.0. The van der Waals surface area contributed by atoms with Crippen LogP contribution in [0.15, 0.2) is 91.0 Å². The highest BCUT2D eigenvalue weighted by Gasteiger charge is 2.16. The summed E-state index contributed by atoms with van der Waals surface area (Å²) in [6.07, 6.45) is 0. The molecule has 0 atom stereocenters. The molecular formula is C26H21N. The minimum Gasteiger partial charge on any atom is -0.309 e. The molecule has 5 aromatic rings. The van der Waals surface area contributed by atoms with Crippen LogP contribution in [0.25, 0.3) is 38.6 Å². The van der Waals surface area contributed by atoms with Gasteiger partial charge in [-0.25, -0.2) is 0 Å². The largest absolute Gasteiger partial charge is 0.309 e. The Morgan fingerprint density at radius 1 is 0.556 bits per heavy atom. The van der Waals surface area contributed by atoms with Gasteiger partial charge in [-0.3, -0.25) is 0 Å². The number of aryl methyl sites for hydroxylation is 1. The van der Waals surface area contributed by atoms with Crippen LogP contribution in [-0.4, -0.2) is 4.57 Å². The predicted octanol–water partition coefficient (Wildman–Crippen LogP) is 7.07. The Bertz CT molecular complexity index is 1280. The monoisotopic (exact) mass is 347 g/mol. The van der Waals surface area contributed by atoms with Gasteiger partial charge in [0, 0.05) is 22.0 Å². The second-order valence-corrected chi connectivity index (χ2v) is 7.14. The molecule has 1 heterocycles. The Hall–Kier alpha value is -3.32. The van der Waals surface area contributed by atoms with Crippen molar-refractivity contribution in [1.29, 1.82) is 0 Å². The SMILES string of the molecule is Cc1cccc(-c2cccc3c4ccccc4n(-c4ccccc4)c23)c1C. The van der Waals surface area contributed by atoms with Crippen molar-refractivity contribution in [2.24, 2.45) is 0 Å². The van der Waals surface area contributed by atoms with E-state index in [-0.39, 0.29) is 0 Å². The van der Waals surface area contributed by atoms with E-state index in [1.807, 2.05) is 0 Å². The van der Waals surface area contributed by atoms with Crippen molar-refractivity contribution in [2.75, 3.05) is 0 Å². The Morgan fingerprint density at radius 3 is 2.07 bits per heavy atom. The molecule has 0 N–H and O–H groups in total. The molecule has 1 aromatic heterocycles. The molecule has 0 fully saturated rings. The Kier molecular flexibility index (Phi) is 3.61. The molecule has 5 rings (SSSR count). The van der Waals surface area contributed by atoms with Crippen LogP contribution >= 0.6 is 0 Å². The zero-order valence-corrected chi connectivity index (χ0v) is 15.6. The van der Waals surface area contributed by atoms with Gasteiger partial charge in [-0.15, -0.1) is 0 Å². The lowest BCUT2D eigenvalue weighted by atomic mass is 9.95. The first-order valence-electron chi connectivity index (χ1n) is 9.40. The molecule has 0 bridgehead atoms. The van der Waals surface area contributed by atoms with Crippen LogP contribution in [0, 0.1) is 13.8 Å². The van der Waals surface area contributed by atoms with Crippen molar-refractivity contribution in [3.8, 4) is 16.8 Å². The van der Waals surface area contributed by atoms with E-state index in [2.05, 4.69) is 109 Å². The number of para-hydroxylation sites is 3. The van der Waals surface area contributed by atoms with Gasteiger partial charge < -0.3 is 4.57 Å². The third-order valence-corrected chi connectivity index (χ3v) is 5.60. The maximum absolute atomic E-state index is 2.40. The molecule has 0 spiro atoms. The fourth-order valence-electron chi connectivity index (χ4n) is 4.12. The van der Waals surface area contributed by atoms with Crippen molar-refractivity contribution < 1.29 is 0 Å². The van der Waals surface area contributed by atoms with Gasteiger partial charge in [0.05, 0.1) is 11.0 Å². The summed E-state index contributed by atoms with van der Waals surface area (Å²) in [6, 6.07) is 32.6. The van der Waals surface area contributed by atoms with E-state index >= 15 is 0 Å². The second-order valence-electron chi connectivity index (χ2n) is 7.14. The van der Waals surface area contributed by atoms with Crippen molar-refractivity contribution in [3.05, 3.63) is 102 Å². The lowest BCUT2D eigenvalue weighted by Gasteiger charge is -2.14. The summed E-state index contributed by atoms with van der Waals surface area (Å²) in [5.41, 5.74) is 8.98. The van der Waals surface area contributed by atoms with Crippen LogP contribution < -0.4 is 0 Å². The van der Waals surface area contributed by atoms with Crippen molar-refractivity contribution in [1.82, 2.24) is 4.57 Å². The number of nitrogens with zero attached hydrogens (tertiary/aromatic N) is 1. The summed E-state index contributed by atoms with van der Waals surface area (Å²) in [5.74, 6) is 0. The normalized spacial score (nSPS) is 11.3. The summed E-state index contributed by atoms with van der Waals surface area (Å²) in [5, 5.41) is 2.59. The molecule has 0 saturated heterocycles. The summed E-state index contributed by atoms with van der Waals surface area (Å²) in [6.45, 7) is 4.41. The molecule has 4 aromatic carbocycles. The maximum atomic E-state index is 2.40. The van der Waals surface area contributed by atoms with Gasteiger partial charge in [-0.1, -0.05) is 72.8 Å². The molecule has 1 nitrogen and oxygen atoms in total. The Labute approximate surface area is 159 Å². The average Bonchev–Trinajstić information content (AvgIpc) is 3.05. The highest BCUT2D eigenvalue weighted by molar-refractivity contribution is 6.13. The summed E-state index contributed by atoms with van der Waals surface area (Å²) in [7, 11) is 0. The van der Waals surface area contributed by atoms with Crippen LogP contribution in [0.4, 0.5) is 0 Å². The van der Waals surface area contributed by atoms with E-state index < -0.39 is 0 Å². The maximum Gasteiger partial charge on any atom is 0.0619 e. The number of benzene rings is 4. The molecule has 0 aliphatic carbocycles. The lowest BCUT2D eigenvalue weighted by molar-refractivity contribution is 1.18. The van der Waals surface area contributed by atoms with Gasteiger partial charge in [-0.05, 0) is 48.7 Å². The van der Waals surface area contributed by atoms with Crippen LogP contribution in [0.2, 0.25) is 0 Å². The fourth-order valence-corrected chi connectivity index (χ4v) is 4.12. The molecule has 0 radical (unpaired) electrons. The van der Waals surface area contributed by atoms with Gasteiger partial charge >= 0.3 is 0 Å². The van der Waals surface area contributed by atoms with E-state index in [9.17, 15) is 0 Å². The molecule has 0 amide bonds. The molecular weight excluding hydrogens is 326 g/mol. The number of rotatable bonds is 2. The molecule has 0 aliphatic heterocycles. The van der Waals surface area contributed by atoms with Gasteiger partial charge in [0.1, 0.15) is 0 Å². The van der Waals surface area contributed by atoms with Crippen LogP contribution in [0.1, 0.15) is 11.1 Å². The van der Waals surface area contributed by atoms with E-state index in [4.69, 9.17) is 0 Å². The third-order valence-electron chi connectivity index (χ3n) is 5.60. The van der Waals surface area contributed by atoms with Gasteiger partial charge in [0.2, 0.25) is 0 Å². The summed E-state index contributed by atoms with van der Waals surface area (Å²) < 4.78 is 2.40. The first kappa shape index (κ1) is 15.9. The average molecular weight is 347 g/mol. The Balaban J connectivity index is 1.99. The van der Waals surface area contributed by atoms with Gasteiger partial charge in [0.15, 0.2) is 0 Å². The van der Waals surface area contributed by atoms with Crippen molar-refractivity contribution in [3.63, 3.8) is 0 Å². The molecule has 0 aliphatic rings. The quantitative estimate of drug-likeness (QED) is 0.322. The fraction of sp³-hybridized carbons (Fsp3) is 0.0769.